The van der Waals surface area contributed by atoms with E-state index in [9.17, 15) is 9.18 Å². The second kappa shape index (κ2) is 4.42. The number of rotatable bonds is 3. The van der Waals surface area contributed by atoms with Crippen molar-refractivity contribution in [2.24, 2.45) is 0 Å². The molecular formula is C10H10ClFO2. The van der Waals surface area contributed by atoms with Gasteiger partial charge in [0.25, 0.3) is 0 Å². The van der Waals surface area contributed by atoms with E-state index in [0.29, 0.717) is 12.4 Å². The van der Waals surface area contributed by atoms with Crippen LogP contribution in [0.15, 0.2) is 12.1 Å². The van der Waals surface area contributed by atoms with E-state index in [4.69, 9.17) is 16.3 Å². The summed E-state index contributed by atoms with van der Waals surface area (Å²) in [5.41, 5.74) is -0.00199. The molecule has 1 rings (SSSR count). The minimum absolute atomic E-state index is 0.00199. The lowest BCUT2D eigenvalue weighted by molar-refractivity contribution is 0.101. The lowest BCUT2D eigenvalue weighted by Gasteiger charge is -2.07. The summed E-state index contributed by atoms with van der Waals surface area (Å²) in [5.74, 6) is -0.633. The van der Waals surface area contributed by atoms with Crippen LogP contribution in [0.25, 0.3) is 0 Å². The largest absolute Gasteiger partial charge is 0.492 e. The van der Waals surface area contributed by atoms with Crippen LogP contribution in [0.4, 0.5) is 4.39 Å². The van der Waals surface area contributed by atoms with E-state index in [0.717, 1.165) is 6.07 Å². The van der Waals surface area contributed by atoms with Crippen LogP contribution < -0.4 is 4.74 Å². The molecule has 0 spiro atoms. The van der Waals surface area contributed by atoms with Gasteiger partial charge in [0.1, 0.15) is 11.6 Å². The third-order valence-corrected chi connectivity index (χ3v) is 2.00. The van der Waals surface area contributed by atoms with Crippen LogP contribution in [0.5, 0.6) is 5.75 Å². The van der Waals surface area contributed by atoms with Crippen molar-refractivity contribution in [1.82, 2.24) is 0 Å². The number of carbonyl (C=O) groups excluding carboxylic acids is 1. The van der Waals surface area contributed by atoms with Crippen LogP contribution in [-0.2, 0) is 0 Å². The number of carbonyl (C=O) groups is 1. The molecule has 1 aromatic carbocycles. The van der Waals surface area contributed by atoms with E-state index < -0.39 is 5.82 Å². The van der Waals surface area contributed by atoms with Crippen molar-refractivity contribution in [3.8, 4) is 5.75 Å². The van der Waals surface area contributed by atoms with Crippen LogP contribution in [0, 0.1) is 5.82 Å². The van der Waals surface area contributed by atoms with Crippen LogP contribution >= 0.6 is 11.6 Å². The maximum absolute atomic E-state index is 13.2. The normalized spacial score (nSPS) is 10.0. The van der Waals surface area contributed by atoms with E-state index >= 15 is 0 Å². The quantitative estimate of drug-likeness (QED) is 0.726. The van der Waals surface area contributed by atoms with Crippen molar-refractivity contribution < 1.29 is 13.9 Å². The molecule has 0 saturated heterocycles. The Morgan fingerprint density at radius 3 is 2.71 bits per heavy atom. The highest BCUT2D eigenvalue weighted by molar-refractivity contribution is 6.32. The number of ether oxygens (including phenoxy) is 1. The van der Waals surface area contributed by atoms with Gasteiger partial charge in [0.05, 0.1) is 17.2 Å². The molecule has 2 nitrogen and oxygen atoms in total. The molecule has 0 saturated carbocycles. The highest BCUT2D eigenvalue weighted by Gasteiger charge is 2.12. The summed E-state index contributed by atoms with van der Waals surface area (Å²) >= 11 is 5.71. The van der Waals surface area contributed by atoms with Crippen LogP contribution in [-0.4, -0.2) is 12.4 Å². The molecule has 0 radical (unpaired) electrons. The van der Waals surface area contributed by atoms with Gasteiger partial charge in [-0.15, -0.1) is 0 Å². The Labute approximate surface area is 86.6 Å². The molecule has 0 heterocycles. The van der Waals surface area contributed by atoms with Gasteiger partial charge in [0.15, 0.2) is 5.78 Å². The Bertz CT molecular complexity index is 363. The summed E-state index contributed by atoms with van der Waals surface area (Å²) in [4.78, 5) is 11.0. The molecule has 0 fully saturated rings. The minimum atomic E-state index is -0.619. The molecule has 0 unspecified atom stereocenters. The van der Waals surface area contributed by atoms with Crippen molar-refractivity contribution in [2.45, 2.75) is 13.8 Å². The van der Waals surface area contributed by atoms with Gasteiger partial charge in [-0.05, 0) is 26.0 Å². The molecule has 0 bridgehead atoms. The highest BCUT2D eigenvalue weighted by atomic mass is 35.5. The van der Waals surface area contributed by atoms with E-state index in [-0.39, 0.29) is 16.4 Å². The highest BCUT2D eigenvalue weighted by Crippen LogP contribution is 2.27. The molecule has 76 valence electrons. The van der Waals surface area contributed by atoms with Gasteiger partial charge in [-0.25, -0.2) is 4.39 Å². The lowest BCUT2D eigenvalue weighted by atomic mass is 10.1. The SMILES string of the molecule is CCOc1cc(C(C)=O)c(F)cc1Cl. The van der Waals surface area contributed by atoms with Gasteiger partial charge in [-0.1, -0.05) is 11.6 Å². The Balaban J connectivity index is 3.20. The number of Topliss-reactive ketones (excluding diaryl/α,β-unsaturated/α-hetero) is 1. The lowest BCUT2D eigenvalue weighted by Crippen LogP contribution is -2.00. The van der Waals surface area contributed by atoms with Gasteiger partial charge in [0.2, 0.25) is 0 Å². The smallest absolute Gasteiger partial charge is 0.162 e. The average molecular weight is 217 g/mol. The molecule has 1 aromatic rings. The first-order chi connectivity index (χ1) is 6.56. The third kappa shape index (κ3) is 2.23. The molecule has 0 aromatic heterocycles. The third-order valence-electron chi connectivity index (χ3n) is 1.70. The van der Waals surface area contributed by atoms with Crippen molar-refractivity contribution >= 4 is 17.4 Å². The maximum Gasteiger partial charge on any atom is 0.162 e. The molecule has 14 heavy (non-hydrogen) atoms. The van der Waals surface area contributed by atoms with Crippen molar-refractivity contribution in [3.05, 3.63) is 28.5 Å². The van der Waals surface area contributed by atoms with Gasteiger partial charge in [0, 0.05) is 0 Å². The first-order valence-corrected chi connectivity index (χ1v) is 4.56. The van der Waals surface area contributed by atoms with Gasteiger partial charge < -0.3 is 4.74 Å². The molecular weight excluding hydrogens is 207 g/mol. The maximum atomic E-state index is 13.2. The number of hydrogen-bond acceptors (Lipinski definition) is 2. The van der Waals surface area contributed by atoms with Crippen molar-refractivity contribution in [2.75, 3.05) is 6.61 Å². The van der Waals surface area contributed by atoms with Crippen LogP contribution in [0.1, 0.15) is 24.2 Å². The number of halogens is 2. The Morgan fingerprint density at radius 2 is 2.21 bits per heavy atom. The van der Waals surface area contributed by atoms with E-state index in [2.05, 4.69) is 0 Å². The zero-order valence-corrected chi connectivity index (χ0v) is 8.69. The minimum Gasteiger partial charge on any atom is -0.492 e. The molecule has 0 aliphatic carbocycles. The number of benzene rings is 1. The van der Waals surface area contributed by atoms with Gasteiger partial charge in [-0.3, -0.25) is 4.79 Å². The van der Waals surface area contributed by atoms with Crippen LogP contribution in [0.3, 0.4) is 0 Å². The fourth-order valence-corrected chi connectivity index (χ4v) is 1.27. The Morgan fingerprint density at radius 1 is 1.57 bits per heavy atom. The second-order valence-electron chi connectivity index (χ2n) is 2.75. The van der Waals surface area contributed by atoms with Gasteiger partial charge in [-0.2, -0.15) is 0 Å². The second-order valence-corrected chi connectivity index (χ2v) is 3.16. The first-order valence-electron chi connectivity index (χ1n) is 4.19. The first kappa shape index (κ1) is 11.0. The van der Waals surface area contributed by atoms with E-state index in [1.807, 2.05) is 0 Å². The predicted octanol–water partition coefficient (Wildman–Crippen LogP) is 3.08. The molecule has 4 heteroatoms. The topological polar surface area (TPSA) is 26.3 Å². The number of hydrogen-bond donors (Lipinski definition) is 0. The molecule has 0 amide bonds. The molecule has 0 aliphatic heterocycles. The van der Waals surface area contributed by atoms with E-state index in [1.165, 1.54) is 13.0 Å². The summed E-state index contributed by atoms with van der Waals surface area (Å²) in [6.07, 6.45) is 0. The summed E-state index contributed by atoms with van der Waals surface area (Å²) in [6.45, 7) is 3.50. The molecule has 0 atom stereocenters. The van der Waals surface area contributed by atoms with Gasteiger partial charge >= 0.3 is 0 Å². The average Bonchev–Trinajstić information content (AvgIpc) is 2.09. The molecule has 0 aliphatic rings. The van der Waals surface area contributed by atoms with E-state index in [1.54, 1.807) is 6.92 Å². The van der Waals surface area contributed by atoms with Crippen molar-refractivity contribution in [3.63, 3.8) is 0 Å². The van der Waals surface area contributed by atoms with Crippen LogP contribution in [0.2, 0.25) is 5.02 Å². The standard InChI is InChI=1S/C10H10ClFO2/c1-3-14-10-4-7(6(2)13)9(12)5-8(10)11/h4-5H,3H2,1-2H3. The summed E-state index contributed by atoms with van der Waals surface area (Å²) in [6, 6.07) is 2.41. The zero-order valence-electron chi connectivity index (χ0n) is 7.93. The zero-order chi connectivity index (χ0) is 10.7. The summed E-state index contributed by atoms with van der Waals surface area (Å²) in [5, 5.41) is 0.175. The monoisotopic (exact) mass is 216 g/mol. The predicted molar refractivity (Wildman–Crippen MR) is 52.6 cm³/mol. The Hall–Kier alpha value is -1.09. The summed E-state index contributed by atoms with van der Waals surface area (Å²) < 4.78 is 18.3. The fourth-order valence-electron chi connectivity index (χ4n) is 1.07. The fraction of sp³-hybridized carbons (Fsp3) is 0.300. The van der Waals surface area contributed by atoms with Crippen molar-refractivity contribution in [1.29, 1.82) is 0 Å². The summed E-state index contributed by atoms with van der Waals surface area (Å²) in [7, 11) is 0. The molecule has 0 N–H and O–H groups in total. The number of ketones is 1. The Kier molecular flexibility index (Phi) is 3.47.